The van der Waals surface area contributed by atoms with Crippen molar-refractivity contribution in [2.45, 2.75) is 26.1 Å². The number of fused-ring (bicyclic) bond motifs is 1. The van der Waals surface area contributed by atoms with Crippen molar-refractivity contribution in [2.24, 2.45) is 0 Å². The maximum atomic E-state index is 12.9. The van der Waals surface area contributed by atoms with Gasteiger partial charge in [0.05, 0.1) is 21.8 Å². The minimum absolute atomic E-state index is 0.00988. The van der Waals surface area contributed by atoms with Gasteiger partial charge in [-0.3, -0.25) is 0 Å². The van der Waals surface area contributed by atoms with Crippen LogP contribution in [0.2, 0.25) is 5.02 Å². The van der Waals surface area contributed by atoms with Gasteiger partial charge in [0.1, 0.15) is 17.6 Å². The lowest BCUT2D eigenvalue weighted by atomic mass is 10.2. The summed E-state index contributed by atoms with van der Waals surface area (Å²) in [7, 11) is 0. The first-order valence-electron chi connectivity index (χ1n) is 10.2. The molecule has 2 aromatic carbocycles. The number of hydrogen-bond donors (Lipinski definition) is 2. The third kappa shape index (κ3) is 5.07. The van der Waals surface area contributed by atoms with Gasteiger partial charge in [0, 0.05) is 24.0 Å². The first-order chi connectivity index (χ1) is 16.1. The number of carbonyl (C=O) groups is 1. The smallest absolute Gasteiger partial charge is 0.416 e. The molecule has 0 bridgehead atoms. The van der Waals surface area contributed by atoms with Gasteiger partial charge < -0.3 is 19.9 Å². The Labute approximate surface area is 197 Å². The van der Waals surface area contributed by atoms with Gasteiger partial charge in [0.15, 0.2) is 0 Å². The summed E-state index contributed by atoms with van der Waals surface area (Å²) in [6.45, 7) is 4.05. The number of ether oxygens (including phenoxy) is 1. The number of amides is 2. The average molecular weight is 490 g/mol. The van der Waals surface area contributed by atoms with Gasteiger partial charge in [0.2, 0.25) is 5.88 Å². The molecule has 0 saturated carbocycles. The molecule has 0 radical (unpaired) electrons. The summed E-state index contributed by atoms with van der Waals surface area (Å²) < 4.78 is 46.5. The molecule has 2 amide bonds. The lowest BCUT2D eigenvalue weighted by molar-refractivity contribution is -0.137. The zero-order valence-electron chi connectivity index (χ0n) is 18.0. The molecule has 11 heteroatoms. The molecule has 0 spiro atoms. The highest BCUT2D eigenvalue weighted by Crippen LogP contribution is 2.33. The molecule has 0 aliphatic rings. The molecular formula is C23H19ClF3N5O2. The molecule has 2 N–H and O–H groups in total. The summed E-state index contributed by atoms with van der Waals surface area (Å²) in [6.07, 6.45) is -1.21. The molecule has 0 aliphatic carbocycles. The predicted octanol–water partition coefficient (Wildman–Crippen LogP) is 7.12. The largest absolute Gasteiger partial charge is 0.437 e. The van der Waals surface area contributed by atoms with Gasteiger partial charge in [-0.2, -0.15) is 18.2 Å². The molecule has 0 saturated heterocycles. The van der Waals surface area contributed by atoms with E-state index < -0.39 is 17.8 Å². The van der Waals surface area contributed by atoms with Crippen LogP contribution in [0.3, 0.4) is 0 Å². The van der Waals surface area contributed by atoms with E-state index in [2.05, 4.69) is 20.6 Å². The molecule has 7 nitrogen and oxygen atoms in total. The van der Waals surface area contributed by atoms with Crippen LogP contribution in [0.15, 0.2) is 61.1 Å². The van der Waals surface area contributed by atoms with E-state index in [0.29, 0.717) is 11.6 Å². The normalized spacial score (nSPS) is 11.6. The maximum Gasteiger partial charge on any atom is 0.416 e. The van der Waals surface area contributed by atoms with Gasteiger partial charge in [-0.15, -0.1) is 0 Å². The van der Waals surface area contributed by atoms with E-state index >= 15 is 0 Å². The number of nitrogens with one attached hydrogen (secondary N) is 2. The number of halogens is 4. The predicted molar refractivity (Wildman–Crippen MR) is 124 cm³/mol. The molecule has 0 fully saturated rings. The van der Waals surface area contributed by atoms with E-state index in [1.54, 1.807) is 6.07 Å². The van der Waals surface area contributed by atoms with Crippen molar-refractivity contribution in [3.63, 3.8) is 0 Å². The van der Waals surface area contributed by atoms with Crippen LogP contribution in [0.5, 0.6) is 11.6 Å². The van der Waals surface area contributed by atoms with Gasteiger partial charge >= 0.3 is 12.2 Å². The van der Waals surface area contributed by atoms with Gasteiger partial charge in [-0.05, 0) is 50.2 Å². The second-order valence-electron chi connectivity index (χ2n) is 7.63. The third-order valence-electron chi connectivity index (χ3n) is 4.88. The summed E-state index contributed by atoms with van der Waals surface area (Å²) in [5, 5.41) is 5.04. The molecule has 2 heterocycles. The number of hydrogen-bond acceptors (Lipinski definition) is 4. The van der Waals surface area contributed by atoms with Gasteiger partial charge in [0.25, 0.3) is 0 Å². The van der Waals surface area contributed by atoms with Crippen molar-refractivity contribution in [1.82, 2.24) is 14.5 Å². The quantitative estimate of drug-likeness (QED) is 0.312. The van der Waals surface area contributed by atoms with Crippen LogP contribution in [-0.4, -0.2) is 20.6 Å². The van der Waals surface area contributed by atoms with Crippen molar-refractivity contribution < 1.29 is 22.7 Å². The monoisotopic (exact) mass is 489 g/mol. The molecule has 0 atom stereocenters. The topological polar surface area (TPSA) is 81.1 Å². The van der Waals surface area contributed by atoms with Crippen molar-refractivity contribution in [3.8, 4) is 11.6 Å². The molecule has 4 aromatic rings. The Morgan fingerprint density at radius 2 is 1.88 bits per heavy atom. The van der Waals surface area contributed by atoms with E-state index in [1.807, 2.05) is 30.7 Å². The molecule has 0 unspecified atom stereocenters. The van der Waals surface area contributed by atoms with Crippen molar-refractivity contribution in [2.75, 3.05) is 10.6 Å². The number of alkyl halides is 3. The lowest BCUT2D eigenvalue weighted by Gasteiger charge is -2.14. The fourth-order valence-electron chi connectivity index (χ4n) is 3.30. The van der Waals surface area contributed by atoms with E-state index in [0.717, 1.165) is 23.2 Å². The molecule has 0 aliphatic heterocycles. The van der Waals surface area contributed by atoms with Crippen LogP contribution in [0.4, 0.5) is 29.3 Å². The lowest BCUT2D eigenvalue weighted by Crippen LogP contribution is -2.20. The number of anilines is 2. The minimum Gasteiger partial charge on any atom is -0.437 e. The van der Waals surface area contributed by atoms with Crippen LogP contribution in [0.25, 0.3) is 11.0 Å². The van der Waals surface area contributed by atoms with Crippen LogP contribution >= 0.6 is 11.6 Å². The average Bonchev–Trinajstić information content (AvgIpc) is 3.21. The second-order valence-corrected chi connectivity index (χ2v) is 8.04. The number of nitrogens with zero attached hydrogens (tertiary/aromatic N) is 3. The standard InChI is InChI=1S/C23H19ClF3N5O2/c1-13(2)32-9-8-19-20(32)21(29-12-28-19)34-16-6-7-18(17(24)11-16)31-22(33)30-15-5-3-4-14(10-15)23(25,26)27/h3-13H,1-2H3,(H2,30,31,33). The zero-order valence-corrected chi connectivity index (χ0v) is 18.8. The van der Waals surface area contributed by atoms with E-state index in [9.17, 15) is 18.0 Å². The summed E-state index contributed by atoms with van der Waals surface area (Å²) in [4.78, 5) is 20.8. The third-order valence-corrected chi connectivity index (χ3v) is 5.19. The molecular weight excluding hydrogens is 471 g/mol. The number of carbonyl (C=O) groups excluding carboxylic acids is 1. The Balaban J connectivity index is 1.49. The van der Waals surface area contributed by atoms with Crippen LogP contribution in [-0.2, 0) is 6.18 Å². The maximum absolute atomic E-state index is 12.9. The summed E-state index contributed by atoms with van der Waals surface area (Å²) >= 11 is 6.30. The van der Waals surface area contributed by atoms with Crippen molar-refractivity contribution >= 4 is 40.0 Å². The first kappa shape index (κ1) is 23.4. The fourth-order valence-corrected chi connectivity index (χ4v) is 3.52. The van der Waals surface area contributed by atoms with Gasteiger partial charge in [-0.1, -0.05) is 17.7 Å². The summed E-state index contributed by atoms with van der Waals surface area (Å²) in [6, 6.07) is 10.2. The Kier molecular flexibility index (Phi) is 6.34. The highest BCUT2D eigenvalue weighted by Gasteiger charge is 2.30. The number of rotatable bonds is 5. The van der Waals surface area contributed by atoms with Crippen molar-refractivity contribution in [1.29, 1.82) is 0 Å². The van der Waals surface area contributed by atoms with Crippen LogP contribution in [0.1, 0.15) is 25.5 Å². The first-order valence-corrected chi connectivity index (χ1v) is 10.5. The molecule has 176 valence electrons. The summed E-state index contributed by atoms with van der Waals surface area (Å²) in [5.41, 5.74) is 0.833. The highest BCUT2D eigenvalue weighted by atomic mass is 35.5. The molecule has 2 aromatic heterocycles. The van der Waals surface area contributed by atoms with Crippen LogP contribution < -0.4 is 15.4 Å². The Bertz CT molecular complexity index is 1350. The van der Waals surface area contributed by atoms with Crippen molar-refractivity contribution in [3.05, 3.63) is 71.6 Å². The van der Waals surface area contributed by atoms with E-state index in [4.69, 9.17) is 16.3 Å². The molecule has 4 rings (SSSR count). The van der Waals surface area contributed by atoms with E-state index in [-0.39, 0.29) is 22.4 Å². The Hall–Kier alpha value is -3.79. The highest BCUT2D eigenvalue weighted by molar-refractivity contribution is 6.34. The van der Waals surface area contributed by atoms with Gasteiger partial charge in [-0.25, -0.2) is 9.78 Å². The molecule has 34 heavy (non-hydrogen) atoms. The second kappa shape index (κ2) is 9.22. The zero-order chi connectivity index (χ0) is 24.5. The summed E-state index contributed by atoms with van der Waals surface area (Å²) in [5.74, 6) is 0.730. The number of urea groups is 1. The van der Waals surface area contributed by atoms with E-state index in [1.165, 1.54) is 30.6 Å². The SMILES string of the molecule is CC(C)n1ccc2ncnc(Oc3ccc(NC(=O)Nc4cccc(C(F)(F)F)c4)c(Cl)c3)c21. The fraction of sp³-hybridized carbons (Fsp3) is 0.174. The Morgan fingerprint density at radius 3 is 2.59 bits per heavy atom. The minimum atomic E-state index is -4.51. The van der Waals surface area contributed by atoms with Crippen LogP contribution in [0, 0.1) is 0 Å². The number of benzene rings is 2. The Morgan fingerprint density at radius 1 is 1.09 bits per heavy atom. The number of aromatic nitrogens is 3.